The zero-order valence-electron chi connectivity index (χ0n) is 16.1. The second kappa shape index (κ2) is 9.34. The number of carbonyl (C=O) groups excluding carboxylic acids is 3. The Kier molecular flexibility index (Phi) is 6.61. The highest BCUT2D eigenvalue weighted by Crippen LogP contribution is 2.28. The van der Waals surface area contributed by atoms with Crippen LogP contribution in [0.25, 0.3) is 0 Å². The van der Waals surface area contributed by atoms with E-state index in [4.69, 9.17) is 18.9 Å². The van der Waals surface area contributed by atoms with E-state index in [0.717, 1.165) is 0 Å². The van der Waals surface area contributed by atoms with Crippen LogP contribution in [0.5, 0.6) is 0 Å². The van der Waals surface area contributed by atoms with Gasteiger partial charge < -0.3 is 18.9 Å². The highest BCUT2D eigenvalue weighted by atomic mass is 16.7. The van der Waals surface area contributed by atoms with E-state index in [1.807, 2.05) is 0 Å². The molecule has 0 radical (unpaired) electrons. The molecule has 7 heteroatoms. The number of benzene rings is 2. The van der Waals surface area contributed by atoms with Crippen LogP contribution in [0.3, 0.4) is 0 Å². The molecule has 1 unspecified atom stereocenters. The van der Waals surface area contributed by atoms with Crippen LogP contribution in [0.2, 0.25) is 0 Å². The average molecular weight is 398 g/mol. The van der Waals surface area contributed by atoms with Crippen molar-refractivity contribution in [3.05, 3.63) is 71.8 Å². The summed E-state index contributed by atoms with van der Waals surface area (Å²) in [7, 11) is 0. The van der Waals surface area contributed by atoms with Crippen molar-refractivity contribution >= 4 is 17.9 Å². The SMILES string of the molecule is CC(=O)OC1O[C@H](C)C[C@H](OC(=O)c2ccccc2)[C@H]1OC(=O)c1ccccc1. The summed E-state index contributed by atoms with van der Waals surface area (Å²) in [4.78, 5) is 36.6. The van der Waals surface area contributed by atoms with E-state index in [-0.39, 0.29) is 12.5 Å². The summed E-state index contributed by atoms with van der Waals surface area (Å²) < 4.78 is 22.0. The van der Waals surface area contributed by atoms with Crippen LogP contribution in [0.4, 0.5) is 0 Å². The number of carbonyl (C=O) groups is 3. The van der Waals surface area contributed by atoms with Crippen LogP contribution in [0.15, 0.2) is 60.7 Å². The third-order valence-electron chi connectivity index (χ3n) is 4.37. The molecule has 0 bridgehead atoms. The molecule has 1 aliphatic heterocycles. The molecule has 0 aliphatic carbocycles. The summed E-state index contributed by atoms with van der Waals surface area (Å²) in [6, 6.07) is 16.8. The van der Waals surface area contributed by atoms with Crippen LogP contribution in [0, 0.1) is 0 Å². The van der Waals surface area contributed by atoms with Gasteiger partial charge in [0.15, 0.2) is 0 Å². The van der Waals surface area contributed by atoms with Crippen LogP contribution >= 0.6 is 0 Å². The first-order chi connectivity index (χ1) is 13.9. The Morgan fingerprint density at radius 1 is 0.828 bits per heavy atom. The summed E-state index contributed by atoms with van der Waals surface area (Å²) in [5.41, 5.74) is 0.685. The van der Waals surface area contributed by atoms with E-state index in [1.165, 1.54) is 6.92 Å². The Balaban J connectivity index is 1.82. The van der Waals surface area contributed by atoms with Gasteiger partial charge in [0.25, 0.3) is 0 Å². The molecule has 0 saturated carbocycles. The summed E-state index contributed by atoms with van der Waals surface area (Å²) in [6.07, 6.45) is -3.22. The normalized spacial score (nSPS) is 23.7. The second-order valence-corrected chi connectivity index (χ2v) is 6.71. The lowest BCUT2D eigenvalue weighted by Crippen LogP contribution is -2.53. The molecule has 0 N–H and O–H groups in total. The molecule has 2 aromatic rings. The molecule has 0 spiro atoms. The number of esters is 3. The molecule has 29 heavy (non-hydrogen) atoms. The molecule has 152 valence electrons. The Hall–Kier alpha value is -3.19. The largest absolute Gasteiger partial charge is 0.454 e. The molecule has 7 nitrogen and oxygen atoms in total. The van der Waals surface area contributed by atoms with E-state index in [9.17, 15) is 14.4 Å². The molecule has 1 saturated heterocycles. The zero-order valence-corrected chi connectivity index (χ0v) is 16.1. The van der Waals surface area contributed by atoms with Crippen LogP contribution in [-0.4, -0.2) is 42.5 Å². The molecule has 4 atom stereocenters. The van der Waals surface area contributed by atoms with Gasteiger partial charge in [0.2, 0.25) is 12.4 Å². The fourth-order valence-corrected chi connectivity index (χ4v) is 3.05. The van der Waals surface area contributed by atoms with Crippen molar-refractivity contribution < 1.29 is 33.3 Å². The number of rotatable bonds is 5. The van der Waals surface area contributed by atoms with Crippen LogP contribution in [-0.2, 0) is 23.7 Å². The van der Waals surface area contributed by atoms with Gasteiger partial charge in [0, 0.05) is 13.3 Å². The highest BCUT2D eigenvalue weighted by molar-refractivity contribution is 5.90. The van der Waals surface area contributed by atoms with Crippen LogP contribution < -0.4 is 0 Å². The molecule has 1 aliphatic rings. The maximum absolute atomic E-state index is 12.6. The van der Waals surface area contributed by atoms with Gasteiger partial charge in [0.05, 0.1) is 17.2 Å². The standard InChI is InChI=1S/C22H22O7/c1-14-13-18(28-20(24)16-9-5-3-6-10-16)19(22(26-14)27-15(2)23)29-21(25)17-11-7-4-8-12-17/h3-12,14,18-19,22H,13H2,1-2H3/t14-,18+,19-,22?/m1/s1. The van der Waals surface area contributed by atoms with E-state index in [0.29, 0.717) is 11.1 Å². The van der Waals surface area contributed by atoms with Gasteiger partial charge >= 0.3 is 17.9 Å². The van der Waals surface area contributed by atoms with Gasteiger partial charge in [-0.05, 0) is 31.2 Å². The molecular formula is C22H22O7. The Morgan fingerprint density at radius 3 is 1.86 bits per heavy atom. The first-order valence-corrected chi connectivity index (χ1v) is 9.29. The molecule has 1 heterocycles. The van der Waals surface area contributed by atoms with Gasteiger partial charge in [-0.2, -0.15) is 0 Å². The van der Waals surface area contributed by atoms with Gasteiger partial charge in [-0.3, -0.25) is 4.79 Å². The predicted molar refractivity (Wildman–Crippen MR) is 102 cm³/mol. The average Bonchev–Trinajstić information content (AvgIpc) is 2.71. The number of hydrogen-bond acceptors (Lipinski definition) is 7. The summed E-state index contributed by atoms with van der Waals surface area (Å²) >= 11 is 0. The third kappa shape index (κ3) is 5.42. The molecule has 0 amide bonds. The van der Waals surface area contributed by atoms with Crippen molar-refractivity contribution in [1.82, 2.24) is 0 Å². The molecule has 0 aromatic heterocycles. The second-order valence-electron chi connectivity index (χ2n) is 6.71. The van der Waals surface area contributed by atoms with E-state index in [1.54, 1.807) is 67.6 Å². The lowest BCUT2D eigenvalue weighted by Gasteiger charge is -2.38. The van der Waals surface area contributed by atoms with Crippen molar-refractivity contribution in [3.8, 4) is 0 Å². The van der Waals surface area contributed by atoms with E-state index < -0.39 is 36.4 Å². The lowest BCUT2D eigenvalue weighted by atomic mass is 10.0. The Labute approximate surface area is 168 Å². The monoisotopic (exact) mass is 398 g/mol. The van der Waals surface area contributed by atoms with Crippen LogP contribution in [0.1, 0.15) is 41.0 Å². The van der Waals surface area contributed by atoms with Gasteiger partial charge in [0.1, 0.15) is 6.10 Å². The molecule has 1 fully saturated rings. The quantitative estimate of drug-likeness (QED) is 0.565. The van der Waals surface area contributed by atoms with E-state index >= 15 is 0 Å². The minimum Gasteiger partial charge on any atom is -0.454 e. The minimum atomic E-state index is -1.18. The summed E-state index contributed by atoms with van der Waals surface area (Å²) in [6.45, 7) is 2.98. The van der Waals surface area contributed by atoms with Crippen molar-refractivity contribution in [3.63, 3.8) is 0 Å². The highest BCUT2D eigenvalue weighted by Gasteiger charge is 2.44. The summed E-state index contributed by atoms with van der Waals surface area (Å²) in [5.74, 6) is -1.79. The third-order valence-corrected chi connectivity index (χ3v) is 4.37. The van der Waals surface area contributed by atoms with Gasteiger partial charge in [-0.15, -0.1) is 0 Å². The van der Waals surface area contributed by atoms with Crippen molar-refractivity contribution in [1.29, 1.82) is 0 Å². The Morgan fingerprint density at radius 2 is 1.34 bits per heavy atom. The van der Waals surface area contributed by atoms with Gasteiger partial charge in [-0.1, -0.05) is 36.4 Å². The summed E-state index contributed by atoms with van der Waals surface area (Å²) in [5, 5.41) is 0. The van der Waals surface area contributed by atoms with Crippen molar-refractivity contribution in [2.45, 2.75) is 44.9 Å². The van der Waals surface area contributed by atoms with Gasteiger partial charge in [-0.25, -0.2) is 9.59 Å². The fraction of sp³-hybridized carbons (Fsp3) is 0.318. The Bertz CT molecular complexity index is 850. The smallest absolute Gasteiger partial charge is 0.338 e. The first-order valence-electron chi connectivity index (χ1n) is 9.29. The maximum Gasteiger partial charge on any atom is 0.338 e. The number of ether oxygens (including phenoxy) is 4. The van der Waals surface area contributed by atoms with E-state index in [2.05, 4.69) is 0 Å². The topological polar surface area (TPSA) is 88.1 Å². The van der Waals surface area contributed by atoms with Crippen molar-refractivity contribution in [2.24, 2.45) is 0 Å². The van der Waals surface area contributed by atoms with Crippen molar-refractivity contribution in [2.75, 3.05) is 0 Å². The lowest BCUT2D eigenvalue weighted by molar-refractivity contribution is -0.254. The minimum absolute atomic E-state index is 0.281. The molecule has 3 rings (SSSR count). The molecule has 2 aromatic carbocycles. The molecular weight excluding hydrogens is 376 g/mol. The maximum atomic E-state index is 12.6. The predicted octanol–water partition coefficient (Wildman–Crippen LogP) is 3.14. The first kappa shape index (κ1) is 20.5. The number of hydrogen-bond donors (Lipinski definition) is 0. The fourth-order valence-electron chi connectivity index (χ4n) is 3.05. The zero-order chi connectivity index (χ0) is 20.8.